The first-order valence-electron chi connectivity index (χ1n) is 5.53. The first-order valence-corrected chi connectivity index (χ1v) is 5.53. The molecule has 1 atom stereocenters. The minimum Gasteiger partial charge on any atom is -0.465 e. The Morgan fingerprint density at radius 3 is 2.71 bits per heavy atom. The molecule has 0 aliphatic rings. The summed E-state index contributed by atoms with van der Waals surface area (Å²) < 4.78 is 5.54. The van der Waals surface area contributed by atoms with Gasteiger partial charge in [-0.05, 0) is 38.9 Å². The van der Waals surface area contributed by atoms with E-state index in [0.29, 0.717) is 6.04 Å². The fraction of sp³-hybridized carbons (Fsp3) is 0.667. The summed E-state index contributed by atoms with van der Waals surface area (Å²) in [6, 6.07) is 4.40. The Balaban J connectivity index is 2.25. The van der Waals surface area contributed by atoms with Crippen molar-refractivity contribution in [1.82, 2.24) is 5.32 Å². The van der Waals surface area contributed by atoms with E-state index in [1.54, 1.807) is 0 Å². The van der Waals surface area contributed by atoms with Gasteiger partial charge in [-0.25, -0.2) is 0 Å². The number of furan rings is 1. The van der Waals surface area contributed by atoms with Crippen molar-refractivity contribution in [3.8, 4) is 0 Å². The van der Waals surface area contributed by atoms with E-state index in [4.69, 9.17) is 4.42 Å². The van der Waals surface area contributed by atoms with E-state index in [1.165, 1.54) is 19.3 Å². The van der Waals surface area contributed by atoms with Crippen LogP contribution in [0.3, 0.4) is 0 Å². The van der Waals surface area contributed by atoms with Gasteiger partial charge in [0.1, 0.15) is 11.5 Å². The Morgan fingerprint density at radius 1 is 1.36 bits per heavy atom. The molecule has 1 N–H and O–H groups in total. The lowest BCUT2D eigenvalue weighted by Crippen LogP contribution is -2.19. The summed E-state index contributed by atoms with van der Waals surface area (Å²) in [7, 11) is 0. The number of aryl methyl sites for hydroxylation is 1. The molecule has 1 heterocycles. The summed E-state index contributed by atoms with van der Waals surface area (Å²) in [4.78, 5) is 0. The molecular formula is C12H21NO. The molecular weight excluding hydrogens is 174 g/mol. The maximum atomic E-state index is 5.54. The highest BCUT2D eigenvalue weighted by atomic mass is 16.3. The standard InChI is InChI=1S/C12H21NO/c1-4-5-6-9-13-11(3)12-8-7-10(2)14-12/h7-8,11,13H,4-6,9H2,1-3H3. The third-order valence-corrected chi connectivity index (χ3v) is 2.42. The minimum atomic E-state index is 0.334. The van der Waals surface area contributed by atoms with Crippen LogP contribution in [0.5, 0.6) is 0 Å². The monoisotopic (exact) mass is 195 g/mol. The second-order valence-electron chi connectivity index (χ2n) is 3.83. The largest absolute Gasteiger partial charge is 0.465 e. The maximum Gasteiger partial charge on any atom is 0.120 e. The lowest BCUT2D eigenvalue weighted by atomic mass is 10.2. The molecule has 0 aliphatic carbocycles. The van der Waals surface area contributed by atoms with Crippen molar-refractivity contribution in [3.05, 3.63) is 23.7 Å². The van der Waals surface area contributed by atoms with Crippen LogP contribution in [0.15, 0.2) is 16.5 Å². The highest BCUT2D eigenvalue weighted by Gasteiger charge is 2.07. The van der Waals surface area contributed by atoms with Crippen LogP contribution in [0, 0.1) is 6.92 Å². The van der Waals surface area contributed by atoms with Crippen molar-refractivity contribution in [3.63, 3.8) is 0 Å². The van der Waals surface area contributed by atoms with Gasteiger partial charge in [0, 0.05) is 0 Å². The van der Waals surface area contributed by atoms with Gasteiger partial charge in [-0.3, -0.25) is 0 Å². The first kappa shape index (κ1) is 11.3. The van der Waals surface area contributed by atoms with E-state index in [9.17, 15) is 0 Å². The molecule has 0 spiro atoms. The summed E-state index contributed by atoms with van der Waals surface area (Å²) in [6.45, 7) is 7.42. The fourth-order valence-corrected chi connectivity index (χ4v) is 1.48. The normalized spacial score (nSPS) is 13.1. The molecule has 2 heteroatoms. The topological polar surface area (TPSA) is 25.2 Å². The molecule has 0 saturated carbocycles. The molecule has 1 rings (SSSR count). The van der Waals surface area contributed by atoms with Crippen molar-refractivity contribution in [2.24, 2.45) is 0 Å². The third kappa shape index (κ3) is 3.54. The van der Waals surface area contributed by atoms with Gasteiger partial charge < -0.3 is 9.73 Å². The Morgan fingerprint density at radius 2 is 2.14 bits per heavy atom. The SMILES string of the molecule is CCCCCNC(C)c1ccc(C)o1. The predicted molar refractivity (Wildman–Crippen MR) is 59.4 cm³/mol. The minimum absolute atomic E-state index is 0.334. The first-order chi connectivity index (χ1) is 6.74. The molecule has 14 heavy (non-hydrogen) atoms. The van der Waals surface area contributed by atoms with Crippen LogP contribution in [0.4, 0.5) is 0 Å². The van der Waals surface area contributed by atoms with Crippen LogP contribution in [0.1, 0.15) is 50.7 Å². The van der Waals surface area contributed by atoms with Crippen molar-refractivity contribution >= 4 is 0 Å². The van der Waals surface area contributed by atoms with Crippen LogP contribution in [0.2, 0.25) is 0 Å². The van der Waals surface area contributed by atoms with E-state index in [2.05, 4.69) is 19.2 Å². The van der Waals surface area contributed by atoms with Gasteiger partial charge in [-0.2, -0.15) is 0 Å². The molecule has 0 saturated heterocycles. The van der Waals surface area contributed by atoms with Gasteiger partial charge in [0.15, 0.2) is 0 Å². The van der Waals surface area contributed by atoms with Gasteiger partial charge in [0.2, 0.25) is 0 Å². The molecule has 1 aromatic heterocycles. The Bertz CT molecular complexity index is 255. The molecule has 1 unspecified atom stereocenters. The average Bonchev–Trinajstić information content (AvgIpc) is 2.59. The number of hydrogen-bond acceptors (Lipinski definition) is 2. The second-order valence-corrected chi connectivity index (χ2v) is 3.83. The Kier molecular flexibility index (Phi) is 4.74. The molecule has 80 valence electrons. The predicted octanol–water partition coefficient (Wildman–Crippen LogP) is 3.43. The molecule has 0 fully saturated rings. The van der Waals surface area contributed by atoms with E-state index in [1.807, 2.05) is 19.1 Å². The zero-order valence-electron chi connectivity index (χ0n) is 9.47. The Labute approximate surface area is 86.7 Å². The van der Waals surface area contributed by atoms with Crippen LogP contribution in [0.25, 0.3) is 0 Å². The number of unbranched alkanes of at least 4 members (excludes halogenated alkanes) is 2. The zero-order valence-corrected chi connectivity index (χ0v) is 9.47. The van der Waals surface area contributed by atoms with Crippen molar-refractivity contribution in [2.75, 3.05) is 6.54 Å². The van der Waals surface area contributed by atoms with E-state index in [-0.39, 0.29) is 0 Å². The highest BCUT2D eigenvalue weighted by molar-refractivity contribution is 5.08. The van der Waals surface area contributed by atoms with Crippen LogP contribution >= 0.6 is 0 Å². The summed E-state index contributed by atoms with van der Waals surface area (Å²) in [5.41, 5.74) is 0. The molecule has 0 aromatic carbocycles. The van der Waals surface area contributed by atoms with Gasteiger partial charge in [0.25, 0.3) is 0 Å². The van der Waals surface area contributed by atoms with Gasteiger partial charge >= 0.3 is 0 Å². The van der Waals surface area contributed by atoms with E-state index in [0.717, 1.165) is 18.1 Å². The van der Waals surface area contributed by atoms with Crippen LogP contribution < -0.4 is 5.32 Å². The molecule has 0 amide bonds. The lowest BCUT2D eigenvalue weighted by Gasteiger charge is -2.10. The van der Waals surface area contributed by atoms with Crippen molar-refractivity contribution < 1.29 is 4.42 Å². The fourth-order valence-electron chi connectivity index (χ4n) is 1.48. The van der Waals surface area contributed by atoms with Gasteiger partial charge in [-0.1, -0.05) is 19.8 Å². The quantitative estimate of drug-likeness (QED) is 0.703. The molecule has 1 aromatic rings. The van der Waals surface area contributed by atoms with Gasteiger partial charge in [-0.15, -0.1) is 0 Å². The van der Waals surface area contributed by atoms with Crippen LogP contribution in [-0.4, -0.2) is 6.54 Å². The van der Waals surface area contributed by atoms with Crippen LogP contribution in [-0.2, 0) is 0 Å². The lowest BCUT2D eigenvalue weighted by molar-refractivity contribution is 0.413. The summed E-state index contributed by atoms with van der Waals surface area (Å²) in [5, 5.41) is 3.45. The number of nitrogens with one attached hydrogen (secondary N) is 1. The number of hydrogen-bond donors (Lipinski definition) is 1. The number of rotatable bonds is 6. The van der Waals surface area contributed by atoms with Crippen molar-refractivity contribution in [1.29, 1.82) is 0 Å². The second kappa shape index (κ2) is 5.86. The molecule has 0 radical (unpaired) electrons. The summed E-state index contributed by atoms with van der Waals surface area (Å²) in [5.74, 6) is 2.03. The molecule has 0 aliphatic heterocycles. The highest BCUT2D eigenvalue weighted by Crippen LogP contribution is 2.15. The smallest absolute Gasteiger partial charge is 0.120 e. The summed E-state index contributed by atoms with van der Waals surface area (Å²) >= 11 is 0. The van der Waals surface area contributed by atoms with Gasteiger partial charge in [0.05, 0.1) is 6.04 Å². The zero-order chi connectivity index (χ0) is 10.4. The molecule has 0 bridgehead atoms. The maximum absolute atomic E-state index is 5.54. The molecule has 2 nitrogen and oxygen atoms in total. The van der Waals surface area contributed by atoms with Crippen molar-refractivity contribution in [2.45, 2.75) is 46.1 Å². The van der Waals surface area contributed by atoms with E-state index >= 15 is 0 Å². The van der Waals surface area contributed by atoms with E-state index < -0.39 is 0 Å². The summed E-state index contributed by atoms with van der Waals surface area (Å²) in [6.07, 6.45) is 3.83. The third-order valence-electron chi connectivity index (χ3n) is 2.42. The average molecular weight is 195 g/mol. The Hall–Kier alpha value is -0.760.